The van der Waals surface area contributed by atoms with Crippen molar-refractivity contribution in [3.8, 4) is 0 Å². The van der Waals surface area contributed by atoms with Gasteiger partial charge in [-0.05, 0) is 31.6 Å². The second-order valence-electron chi connectivity index (χ2n) is 5.31. The molecule has 0 aromatic heterocycles. The SMILES string of the molecule is NC(=NCC1(O)CCCC1)NCC1CCC1. The van der Waals surface area contributed by atoms with Crippen molar-refractivity contribution >= 4 is 5.96 Å². The highest BCUT2D eigenvalue weighted by atomic mass is 16.3. The summed E-state index contributed by atoms with van der Waals surface area (Å²) in [5.41, 5.74) is 5.18. The zero-order chi connectivity index (χ0) is 11.4. The van der Waals surface area contributed by atoms with Crippen molar-refractivity contribution in [2.75, 3.05) is 13.1 Å². The smallest absolute Gasteiger partial charge is 0.188 e. The predicted octanol–water partition coefficient (Wildman–Crippen LogP) is 0.996. The van der Waals surface area contributed by atoms with Gasteiger partial charge in [0.2, 0.25) is 0 Å². The third-order valence-electron chi connectivity index (χ3n) is 3.87. The summed E-state index contributed by atoms with van der Waals surface area (Å²) in [5, 5.41) is 13.2. The standard InChI is InChI=1S/C12H23N3O/c13-11(14-8-10-4-3-5-10)15-9-12(16)6-1-2-7-12/h10,16H,1-9H2,(H3,13,14,15). The van der Waals surface area contributed by atoms with Crippen LogP contribution in [-0.2, 0) is 0 Å². The molecule has 0 unspecified atom stereocenters. The molecule has 4 N–H and O–H groups in total. The number of rotatable bonds is 4. The van der Waals surface area contributed by atoms with Crippen LogP contribution < -0.4 is 11.1 Å². The lowest BCUT2D eigenvalue weighted by Crippen LogP contribution is -2.39. The van der Waals surface area contributed by atoms with Gasteiger partial charge in [-0.3, -0.25) is 4.99 Å². The number of aliphatic hydroxyl groups is 1. The summed E-state index contributed by atoms with van der Waals surface area (Å²) in [6.07, 6.45) is 7.93. The highest BCUT2D eigenvalue weighted by molar-refractivity contribution is 5.77. The molecule has 4 heteroatoms. The first-order chi connectivity index (χ1) is 7.68. The molecule has 0 atom stereocenters. The third-order valence-corrected chi connectivity index (χ3v) is 3.87. The Labute approximate surface area is 97.3 Å². The lowest BCUT2D eigenvalue weighted by molar-refractivity contribution is 0.0574. The minimum Gasteiger partial charge on any atom is -0.388 e. The normalized spacial score (nSPS) is 25.4. The molecule has 0 heterocycles. The Balaban J connectivity index is 1.68. The van der Waals surface area contributed by atoms with Crippen LogP contribution in [-0.4, -0.2) is 29.8 Å². The maximum absolute atomic E-state index is 10.1. The second-order valence-corrected chi connectivity index (χ2v) is 5.31. The van der Waals surface area contributed by atoms with E-state index < -0.39 is 5.60 Å². The van der Waals surface area contributed by atoms with Gasteiger partial charge >= 0.3 is 0 Å². The maximum atomic E-state index is 10.1. The summed E-state index contributed by atoms with van der Waals surface area (Å²) in [7, 11) is 0. The Morgan fingerprint density at radius 2 is 2.00 bits per heavy atom. The van der Waals surface area contributed by atoms with Gasteiger partial charge in [-0.15, -0.1) is 0 Å². The number of aliphatic imine (C=N–C) groups is 1. The van der Waals surface area contributed by atoms with Gasteiger partial charge in [0, 0.05) is 6.54 Å². The van der Waals surface area contributed by atoms with E-state index in [2.05, 4.69) is 10.3 Å². The predicted molar refractivity (Wildman–Crippen MR) is 65.3 cm³/mol. The van der Waals surface area contributed by atoms with Crippen LogP contribution >= 0.6 is 0 Å². The first-order valence-corrected chi connectivity index (χ1v) is 6.44. The molecule has 0 spiro atoms. The summed E-state index contributed by atoms with van der Waals surface area (Å²) in [6, 6.07) is 0. The minimum absolute atomic E-state index is 0.455. The van der Waals surface area contributed by atoms with E-state index in [1.807, 2.05) is 0 Å². The molecule has 2 rings (SSSR count). The van der Waals surface area contributed by atoms with Crippen LogP contribution in [0.1, 0.15) is 44.9 Å². The van der Waals surface area contributed by atoms with Gasteiger partial charge in [0.05, 0.1) is 12.1 Å². The number of guanidine groups is 1. The molecule has 2 aliphatic carbocycles. The fourth-order valence-corrected chi connectivity index (χ4v) is 2.43. The molecule has 4 nitrogen and oxygen atoms in total. The number of nitrogens with two attached hydrogens (primary N) is 1. The van der Waals surface area contributed by atoms with Crippen LogP contribution in [0.15, 0.2) is 4.99 Å². The van der Waals surface area contributed by atoms with Gasteiger partial charge in [-0.2, -0.15) is 0 Å². The first kappa shape index (κ1) is 11.7. The molecule has 0 saturated heterocycles. The van der Waals surface area contributed by atoms with E-state index in [-0.39, 0.29) is 0 Å². The molecule has 0 bridgehead atoms. The van der Waals surface area contributed by atoms with Crippen molar-refractivity contribution in [2.24, 2.45) is 16.6 Å². The quantitative estimate of drug-likeness (QED) is 0.494. The van der Waals surface area contributed by atoms with Crippen LogP contribution in [0, 0.1) is 5.92 Å². The zero-order valence-corrected chi connectivity index (χ0v) is 9.91. The summed E-state index contributed by atoms with van der Waals surface area (Å²) in [5.74, 6) is 1.27. The Kier molecular flexibility index (Phi) is 3.69. The minimum atomic E-state index is -0.581. The maximum Gasteiger partial charge on any atom is 0.188 e. The molecule has 92 valence electrons. The highest BCUT2D eigenvalue weighted by Gasteiger charge is 2.30. The van der Waals surface area contributed by atoms with Crippen molar-refractivity contribution in [1.29, 1.82) is 0 Å². The van der Waals surface area contributed by atoms with Gasteiger partial charge in [0.15, 0.2) is 5.96 Å². The molecule has 0 radical (unpaired) electrons. The molecular weight excluding hydrogens is 202 g/mol. The van der Waals surface area contributed by atoms with E-state index in [0.717, 1.165) is 38.1 Å². The molecule has 0 aliphatic heterocycles. The Hall–Kier alpha value is -0.770. The van der Waals surface area contributed by atoms with E-state index in [1.165, 1.54) is 19.3 Å². The lowest BCUT2D eigenvalue weighted by atomic mass is 9.85. The fraction of sp³-hybridized carbons (Fsp3) is 0.917. The first-order valence-electron chi connectivity index (χ1n) is 6.44. The Morgan fingerprint density at radius 3 is 2.56 bits per heavy atom. The van der Waals surface area contributed by atoms with Crippen molar-refractivity contribution in [3.63, 3.8) is 0 Å². The Bertz CT molecular complexity index is 255. The van der Waals surface area contributed by atoms with Gasteiger partial charge < -0.3 is 16.2 Å². The fourth-order valence-electron chi connectivity index (χ4n) is 2.43. The summed E-state index contributed by atoms with van der Waals surface area (Å²) in [6.45, 7) is 1.39. The van der Waals surface area contributed by atoms with Gasteiger partial charge in [0.1, 0.15) is 0 Å². The average molecular weight is 225 g/mol. The van der Waals surface area contributed by atoms with E-state index in [0.29, 0.717) is 12.5 Å². The summed E-state index contributed by atoms with van der Waals surface area (Å²) in [4.78, 5) is 4.24. The Morgan fingerprint density at radius 1 is 1.31 bits per heavy atom. The lowest BCUT2D eigenvalue weighted by Gasteiger charge is -2.25. The number of hydrogen-bond donors (Lipinski definition) is 3. The average Bonchev–Trinajstić information content (AvgIpc) is 2.61. The molecular formula is C12H23N3O. The van der Waals surface area contributed by atoms with E-state index >= 15 is 0 Å². The van der Waals surface area contributed by atoms with Crippen LogP contribution in [0.25, 0.3) is 0 Å². The molecule has 2 aliphatic rings. The van der Waals surface area contributed by atoms with Crippen molar-refractivity contribution in [3.05, 3.63) is 0 Å². The zero-order valence-electron chi connectivity index (χ0n) is 9.91. The van der Waals surface area contributed by atoms with Gasteiger partial charge in [0.25, 0.3) is 0 Å². The van der Waals surface area contributed by atoms with Gasteiger partial charge in [-0.25, -0.2) is 0 Å². The van der Waals surface area contributed by atoms with Crippen LogP contribution in [0.3, 0.4) is 0 Å². The molecule has 16 heavy (non-hydrogen) atoms. The summed E-state index contributed by atoms with van der Waals surface area (Å²) < 4.78 is 0. The summed E-state index contributed by atoms with van der Waals surface area (Å²) >= 11 is 0. The third kappa shape index (κ3) is 3.11. The van der Waals surface area contributed by atoms with E-state index in [9.17, 15) is 5.11 Å². The van der Waals surface area contributed by atoms with Crippen molar-refractivity contribution in [2.45, 2.75) is 50.5 Å². The van der Waals surface area contributed by atoms with Crippen molar-refractivity contribution < 1.29 is 5.11 Å². The second kappa shape index (κ2) is 5.04. The van der Waals surface area contributed by atoms with Crippen LogP contribution in [0.4, 0.5) is 0 Å². The van der Waals surface area contributed by atoms with Crippen LogP contribution in [0.5, 0.6) is 0 Å². The monoisotopic (exact) mass is 225 g/mol. The largest absolute Gasteiger partial charge is 0.388 e. The molecule has 0 amide bonds. The topological polar surface area (TPSA) is 70.6 Å². The van der Waals surface area contributed by atoms with Crippen LogP contribution in [0.2, 0.25) is 0 Å². The molecule has 0 aromatic carbocycles. The van der Waals surface area contributed by atoms with Crippen molar-refractivity contribution in [1.82, 2.24) is 5.32 Å². The molecule has 2 fully saturated rings. The number of nitrogens with zero attached hydrogens (tertiary/aromatic N) is 1. The van der Waals surface area contributed by atoms with E-state index in [1.54, 1.807) is 0 Å². The number of hydrogen-bond acceptors (Lipinski definition) is 2. The van der Waals surface area contributed by atoms with E-state index in [4.69, 9.17) is 5.73 Å². The number of nitrogens with one attached hydrogen (secondary N) is 1. The van der Waals surface area contributed by atoms with Gasteiger partial charge in [-0.1, -0.05) is 19.3 Å². The molecule has 2 saturated carbocycles. The molecule has 0 aromatic rings. The highest BCUT2D eigenvalue weighted by Crippen LogP contribution is 2.29.